The molecule has 0 saturated heterocycles. The third kappa shape index (κ3) is 18.6. The van der Waals surface area contributed by atoms with E-state index in [1.165, 1.54) is 76.3 Å². The molecule has 0 aliphatic rings. The standard InChI is InChI=1S/C21H38N.IO3/c1-4-5-6-7-8-9-10-11-12-16-19-22(2,3)20-21-17-14-13-15-18-21;2-1(3)4/h13-15,17-18H,4-12,16,19-20H2,1-3H3;/q+1;-1. The second-order valence-electron chi connectivity index (χ2n) is 7.67. The van der Waals surface area contributed by atoms with Gasteiger partial charge in [0.2, 0.25) is 0 Å². The molecule has 0 amide bonds. The summed E-state index contributed by atoms with van der Waals surface area (Å²) in [6, 6.07) is 10.9. The van der Waals surface area contributed by atoms with Crippen molar-refractivity contribution in [3.8, 4) is 0 Å². The number of rotatable bonds is 13. The van der Waals surface area contributed by atoms with Gasteiger partial charge >= 0.3 is 0 Å². The second-order valence-corrected chi connectivity index (χ2v) is 8.75. The van der Waals surface area contributed by atoms with Gasteiger partial charge in [-0.25, -0.2) is 0 Å². The van der Waals surface area contributed by atoms with Crippen molar-refractivity contribution in [1.29, 1.82) is 0 Å². The van der Waals surface area contributed by atoms with Crippen molar-refractivity contribution < 1.29 is 35.9 Å². The van der Waals surface area contributed by atoms with Crippen LogP contribution in [0, 0.1) is 0 Å². The van der Waals surface area contributed by atoms with E-state index in [2.05, 4.69) is 51.4 Å². The third-order valence-electron chi connectivity index (χ3n) is 4.57. The summed E-state index contributed by atoms with van der Waals surface area (Å²) in [6.07, 6.45) is 14.2. The van der Waals surface area contributed by atoms with E-state index in [0.29, 0.717) is 0 Å². The molecule has 0 fully saturated rings. The number of hydrogen-bond acceptors (Lipinski definition) is 3. The van der Waals surface area contributed by atoms with Crippen molar-refractivity contribution in [3.63, 3.8) is 0 Å². The molecule has 152 valence electrons. The van der Waals surface area contributed by atoms with E-state index in [0.717, 1.165) is 11.0 Å². The molecule has 0 unspecified atom stereocenters. The Hall–Kier alpha value is -0.210. The highest BCUT2D eigenvalue weighted by atomic mass is 127. The van der Waals surface area contributed by atoms with Gasteiger partial charge in [0.15, 0.2) is 0 Å². The Kier molecular flexibility index (Phi) is 16.8. The van der Waals surface area contributed by atoms with Crippen molar-refractivity contribution in [3.05, 3.63) is 35.9 Å². The normalized spacial score (nSPS) is 11.3. The lowest BCUT2D eigenvalue weighted by Gasteiger charge is -2.30. The van der Waals surface area contributed by atoms with Crippen molar-refractivity contribution in [2.75, 3.05) is 20.6 Å². The number of quaternary nitrogens is 1. The van der Waals surface area contributed by atoms with Gasteiger partial charge in [-0.05, 0) is 12.8 Å². The maximum atomic E-state index is 8.57. The highest BCUT2D eigenvalue weighted by Gasteiger charge is 2.14. The first-order valence-electron chi connectivity index (χ1n) is 9.96. The lowest BCUT2D eigenvalue weighted by molar-refractivity contribution is -1.73. The Labute approximate surface area is 169 Å². The van der Waals surface area contributed by atoms with Gasteiger partial charge in [-0.1, -0.05) is 88.6 Å². The average molecular weight is 479 g/mol. The highest BCUT2D eigenvalue weighted by molar-refractivity contribution is 5.13. The molecule has 0 N–H and O–H groups in total. The Balaban J connectivity index is 0.00000141. The van der Waals surface area contributed by atoms with Gasteiger partial charge in [0.1, 0.15) is 6.54 Å². The summed E-state index contributed by atoms with van der Waals surface area (Å²) >= 11 is -4.01. The van der Waals surface area contributed by atoms with Gasteiger partial charge in [-0.2, -0.15) is 0 Å². The second kappa shape index (κ2) is 16.9. The van der Waals surface area contributed by atoms with Gasteiger partial charge in [-0.3, -0.25) is 0 Å². The third-order valence-corrected chi connectivity index (χ3v) is 4.57. The molecule has 1 aromatic rings. The largest absolute Gasteiger partial charge is 0.427 e. The first-order chi connectivity index (χ1) is 12.4. The molecular formula is C21H38INO3. The Morgan fingerprint density at radius 3 is 1.62 bits per heavy atom. The van der Waals surface area contributed by atoms with Crippen LogP contribution in [-0.4, -0.2) is 25.1 Å². The lowest BCUT2D eigenvalue weighted by atomic mass is 10.1. The molecule has 0 aliphatic heterocycles. The molecule has 4 nitrogen and oxygen atoms in total. The Bertz CT molecular complexity index is 410. The maximum absolute atomic E-state index is 8.57. The van der Waals surface area contributed by atoms with Crippen LogP contribution in [0.15, 0.2) is 30.3 Å². The topological polar surface area (TPSA) is 69.2 Å². The van der Waals surface area contributed by atoms with Gasteiger partial charge in [0, 0.05) is 5.56 Å². The zero-order chi connectivity index (χ0) is 19.7. The van der Waals surface area contributed by atoms with Gasteiger partial charge in [0.25, 0.3) is 21.1 Å². The smallest absolute Gasteiger partial charge is 0.282 e. The number of halogens is 1. The molecule has 0 atom stereocenters. The zero-order valence-electron chi connectivity index (χ0n) is 16.9. The summed E-state index contributed by atoms with van der Waals surface area (Å²) in [5.41, 5.74) is 1.46. The van der Waals surface area contributed by atoms with Gasteiger partial charge in [0.05, 0.1) is 20.6 Å². The predicted octanol–water partition coefficient (Wildman–Crippen LogP) is -0.379. The minimum absolute atomic E-state index is 1.11. The lowest BCUT2D eigenvalue weighted by Crippen LogP contribution is -4.05. The molecule has 0 radical (unpaired) electrons. The molecule has 0 bridgehead atoms. The van der Waals surface area contributed by atoms with Crippen LogP contribution < -0.4 is 31.4 Å². The quantitative estimate of drug-likeness (QED) is 0.220. The van der Waals surface area contributed by atoms with Crippen molar-refractivity contribution in [1.82, 2.24) is 0 Å². The fourth-order valence-corrected chi connectivity index (χ4v) is 3.18. The van der Waals surface area contributed by atoms with Gasteiger partial charge in [-0.15, -0.1) is 0 Å². The fraction of sp³-hybridized carbons (Fsp3) is 0.714. The molecule has 0 spiro atoms. The number of unbranched alkanes of at least 4 members (excludes halogenated alkanes) is 9. The minimum atomic E-state index is -4.01. The van der Waals surface area contributed by atoms with Crippen molar-refractivity contribution >= 4 is 0 Å². The Morgan fingerprint density at radius 1 is 0.731 bits per heavy atom. The summed E-state index contributed by atoms with van der Waals surface area (Å²) < 4.78 is 26.8. The van der Waals surface area contributed by atoms with Crippen LogP contribution in [0.3, 0.4) is 0 Å². The molecule has 1 rings (SSSR count). The maximum Gasteiger partial charge on any atom is 0.282 e. The van der Waals surface area contributed by atoms with Crippen molar-refractivity contribution in [2.45, 2.75) is 77.7 Å². The first kappa shape index (κ1) is 25.8. The van der Waals surface area contributed by atoms with E-state index < -0.39 is 21.1 Å². The fourth-order valence-electron chi connectivity index (χ4n) is 3.18. The van der Waals surface area contributed by atoms with Crippen LogP contribution in [0.25, 0.3) is 0 Å². The summed E-state index contributed by atoms with van der Waals surface area (Å²) in [7, 11) is 4.72. The summed E-state index contributed by atoms with van der Waals surface area (Å²) in [5, 5.41) is 0. The van der Waals surface area contributed by atoms with E-state index in [-0.39, 0.29) is 0 Å². The molecule has 5 heteroatoms. The van der Waals surface area contributed by atoms with E-state index in [1.54, 1.807) is 0 Å². The monoisotopic (exact) mass is 479 g/mol. The van der Waals surface area contributed by atoms with Crippen molar-refractivity contribution in [2.24, 2.45) is 0 Å². The zero-order valence-corrected chi connectivity index (χ0v) is 19.1. The van der Waals surface area contributed by atoms with E-state index in [4.69, 9.17) is 10.3 Å². The van der Waals surface area contributed by atoms with Crippen LogP contribution >= 0.6 is 0 Å². The van der Waals surface area contributed by atoms with E-state index in [9.17, 15) is 0 Å². The van der Waals surface area contributed by atoms with E-state index in [1.807, 2.05) is 0 Å². The summed E-state index contributed by atoms with van der Waals surface area (Å²) in [4.78, 5) is 0. The predicted molar refractivity (Wildman–Crippen MR) is 99.0 cm³/mol. The van der Waals surface area contributed by atoms with Crippen LogP contribution in [0.1, 0.15) is 76.7 Å². The molecular weight excluding hydrogens is 441 g/mol. The minimum Gasteiger partial charge on any atom is -0.427 e. The van der Waals surface area contributed by atoms with Crippen LogP contribution in [0.2, 0.25) is 0 Å². The SMILES string of the molecule is CCCCCCCCCCCC[N+](C)(C)Cc1ccccc1.[O-][I+2]([O-])[O-]. The number of nitrogens with zero attached hydrogens (tertiary/aromatic N) is 1. The number of hydrogen-bond donors (Lipinski definition) is 0. The van der Waals surface area contributed by atoms with Crippen LogP contribution in [-0.2, 0) is 6.54 Å². The van der Waals surface area contributed by atoms with Gasteiger partial charge < -0.3 is 14.8 Å². The average Bonchev–Trinajstić information content (AvgIpc) is 2.56. The molecule has 0 aromatic heterocycles. The molecule has 0 heterocycles. The Morgan fingerprint density at radius 2 is 1.15 bits per heavy atom. The van der Waals surface area contributed by atoms with Crippen LogP contribution in [0.4, 0.5) is 0 Å². The van der Waals surface area contributed by atoms with E-state index >= 15 is 0 Å². The highest BCUT2D eigenvalue weighted by Crippen LogP contribution is 2.13. The summed E-state index contributed by atoms with van der Waals surface area (Å²) in [6.45, 7) is 4.74. The van der Waals surface area contributed by atoms with Crippen LogP contribution in [0.5, 0.6) is 0 Å². The molecule has 26 heavy (non-hydrogen) atoms. The molecule has 0 aliphatic carbocycles. The summed E-state index contributed by atoms with van der Waals surface area (Å²) in [5.74, 6) is 0. The first-order valence-corrected chi connectivity index (χ1v) is 12.6. The number of benzene rings is 1. The molecule has 1 aromatic carbocycles. The molecule has 0 saturated carbocycles.